The van der Waals surface area contributed by atoms with Gasteiger partial charge in [-0.25, -0.2) is 9.59 Å². The lowest BCUT2D eigenvalue weighted by Crippen LogP contribution is -2.48. The molecule has 0 bridgehead atoms. The van der Waals surface area contributed by atoms with Gasteiger partial charge >= 0.3 is 11.9 Å². The first-order chi connectivity index (χ1) is 6.90. The molecule has 0 aliphatic carbocycles. The summed E-state index contributed by atoms with van der Waals surface area (Å²) in [5.41, 5.74) is 0. The standard InChI is InChI=1S/C9H15NO5/c1-4-15-9(14)6(8(12)13)10-7(11)5(2)3/h5-6H,4H2,1-3H3,(H,10,11)(H,12,13). The second-order valence-corrected chi connectivity index (χ2v) is 3.19. The van der Waals surface area contributed by atoms with Crippen LogP contribution in [0.1, 0.15) is 20.8 Å². The van der Waals surface area contributed by atoms with E-state index in [9.17, 15) is 14.4 Å². The Hall–Kier alpha value is -1.59. The van der Waals surface area contributed by atoms with Crippen molar-refractivity contribution in [2.75, 3.05) is 6.61 Å². The molecule has 2 N–H and O–H groups in total. The van der Waals surface area contributed by atoms with Gasteiger partial charge in [0.05, 0.1) is 6.61 Å². The molecule has 0 aromatic heterocycles. The number of hydrogen-bond donors (Lipinski definition) is 2. The van der Waals surface area contributed by atoms with Crippen LogP contribution in [0.15, 0.2) is 0 Å². The van der Waals surface area contributed by atoms with Crippen molar-refractivity contribution in [3.05, 3.63) is 0 Å². The van der Waals surface area contributed by atoms with Crippen molar-refractivity contribution in [2.45, 2.75) is 26.8 Å². The molecule has 1 amide bonds. The molecule has 1 unspecified atom stereocenters. The molecule has 6 nitrogen and oxygen atoms in total. The van der Waals surface area contributed by atoms with Gasteiger partial charge in [-0.2, -0.15) is 0 Å². The Morgan fingerprint density at radius 1 is 1.33 bits per heavy atom. The van der Waals surface area contributed by atoms with Crippen LogP contribution < -0.4 is 5.32 Å². The van der Waals surface area contributed by atoms with Gasteiger partial charge in [-0.15, -0.1) is 0 Å². The molecule has 0 radical (unpaired) electrons. The van der Waals surface area contributed by atoms with Gasteiger partial charge in [0.25, 0.3) is 0 Å². The van der Waals surface area contributed by atoms with Gasteiger partial charge in [-0.3, -0.25) is 4.79 Å². The second kappa shape index (κ2) is 6.00. The summed E-state index contributed by atoms with van der Waals surface area (Å²) in [7, 11) is 0. The Morgan fingerprint density at radius 3 is 2.20 bits per heavy atom. The highest BCUT2D eigenvalue weighted by atomic mass is 16.5. The molecule has 0 aliphatic heterocycles. The highest BCUT2D eigenvalue weighted by Crippen LogP contribution is 1.96. The maximum Gasteiger partial charge on any atom is 0.340 e. The SMILES string of the molecule is CCOC(=O)C(NC(=O)C(C)C)C(=O)O. The van der Waals surface area contributed by atoms with E-state index in [-0.39, 0.29) is 12.5 Å². The minimum atomic E-state index is -1.63. The van der Waals surface area contributed by atoms with Crippen molar-refractivity contribution in [2.24, 2.45) is 5.92 Å². The first-order valence-electron chi connectivity index (χ1n) is 4.60. The number of aliphatic carboxylic acids is 1. The van der Waals surface area contributed by atoms with E-state index in [1.165, 1.54) is 0 Å². The van der Waals surface area contributed by atoms with Crippen LogP contribution >= 0.6 is 0 Å². The van der Waals surface area contributed by atoms with Gasteiger partial charge in [0.15, 0.2) is 0 Å². The highest BCUT2D eigenvalue weighted by molar-refractivity contribution is 6.01. The van der Waals surface area contributed by atoms with Crippen LogP contribution in [0.25, 0.3) is 0 Å². The third kappa shape index (κ3) is 4.44. The van der Waals surface area contributed by atoms with Crippen LogP contribution in [0.2, 0.25) is 0 Å². The minimum Gasteiger partial charge on any atom is -0.479 e. The summed E-state index contributed by atoms with van der Waals surface area (Å²) in [6.45, 7) is 4.82. The van der Waals surface area contributed by atoms with Crippen LogP contribution in [-0.4, -0.2) is 35.6 Å². The molecular formula is C9H15NO5. The molecule has 6 heteroatoms. The zero-order valence-corrected chi connectivity index (χ0v) is 8.94. The molecule has 0 spiro atoms. The number of carbonyl (C=O) groups is 3. The largest absolute Gasteiger partial charge is 0.479 e. The van der Waals surface area contributed by atoms with Gasteiger partial charge in [0, 0.05) is 5.92 Å². The van der Waals surface area contributed by atoms with E-state index in [0.717, 1.165) is 0 Å². The van der Waals surface area contributed by atoms with Crippen molar-refractivity contribution in [3.63, 3.8) is 0 Å². The van der Waals surface area contributed by atoms with Crippen molar-refractivity contribution in [1.82, 2.24) is 5.32 Å². The smallest absolute Gasteiger partial charge is 0.340 e. The van der Waals surface area contributed by atoms with Crippen LogP contribution in [0.3, 0.4) is 0 Å². The van der Waals surface area contributed by atoms with Crippen LogP contribution in [0.5, 0.6) is 0 Å². The molecule has 0 saturated heterocycles. The summed E-state index contributed by atoms with van der Waals surface area (Å²) < 4.78 is 4.51. The lowest BCUT2D eigenvalue weighted by atomic mass is 10.2. The summed E-state index contributed by atoms with van der Waals surface area (Å²) in [6, 6.07) is -1.63. The van der Waals surface area contributed by atoms with E-state index in [0.29, 0.717) is 0 Å². The Morgan fingerprint density at radius 2 is 1.87 bits per heavy atom. The van der Waals surface area contributed by atoms with Gasteiger partial charge in [-0.05, 0) is 6.92 Å². The molecule has 0 rings (SSSR count). The molecule has 86 valence electrons. The average Bonchev–Trinajstić information content (AvgIpc) is 2.13. The number of ether oxygens (including phenoxy) is 1. The van der Waals surface area contributed by atoms with E-state index in [1.807, 2.05) is 0 Å². The first-order valence-corrected chi connectivity index (χ1v) is 4.60. The Labute approximate surface area is 87.6 Å². The van der Waals surface area contributed by atoms with E-state index in [4.69, 9.17) is 5.11 Å². The number of hydrogen-bond acceptors (Lipinski definition) is 4. The lowest BCUT2D eigenvalue weighted by molar-refractivity contribution is -0.156. The van der Waals surface area contributed by atoms with Crippen molar-refractivity contribution in [1.29, 1.82) is 0 Å². The molecule has 1 atom stereocenters. The van der Waals surface area contributed by atoms with E-state index < -0.39 is 23.9 Å². The van der Waals surface area contributed by atoms with E-state index in [2.05, 4.69) is 10.1 Å². The number of carboxylic acids is 1. The first kappa shape index (κ1) is 13.4. The predicted molar refractivity (Wildman–Crippen MR) is 51.0 cm³/mol. The van der Waals surface area contributed by atoms with Crippen molar-refractivity contribution in [3.8, 4) is 0 Å². The monoisotopic (exact) mass is 217 g/mol. The zero-order valence-electron chi connectivity index (χ0n) is 8.94. The maximum absolute atomic E-state index is 11.2. The average molecular weight is 217 g/mol. The zero-order chi connectivity index (χ0) is 12.0. The number of carbonyl (C=O) groups excluding carboxylic acids is 2. The topological polar surface area (TPSA) is 92.7 Å². The molecule has 0 saturated carbocycles. The molecule has 0 aromatic rings. The van der Waals surface area contributed by atoms with Crippen molar-refractivity contribution < 1.29 is 24.2 Å². The molecule has 15 heavy (non-hydrogen) atoms. The highest BCUT2D eigenvalue weighted by Gasteiger charge is 2.29. The van der Waals surface area contributed by atoms with Gasteiger partial charge < -0.3 is 15.2 Å². The van der Waals surface area contributed by atoms with E-state index >= 15 is 0 Å². The fourth-order valence-electron chi connectivity index (χ4n) is 0.756. The summed E-state index contributed by atoms with van der Waals surface area (Å²) in [4.78, 5) is 33.0. The quantitative estimate of drug-likeness (QED) is 0.490. The fourth-order valence-corrected chi connectivity index (χ4v) is 0.756. The minimum absolute atomic E-state index is 0.0696. The summed E-state index contributed by atoms with van der Waals surface area (Å²) in [5, 5.41) is 10.8. The molecule has 0 aromatic carbocycles. The van der Waals surface area contributed by atoms with Crippen LogP contribution in [0.4, 0.5) is 0 Å². The van der Waals surface area contributed by atoms with E-state index in [1.54, 1.807) is 20.8 Å². The molecule has 0 fully saturated rings. The predicted octanol–water partition coefficient (Wildman–Crippen LogP) is -0.225. The number of carboxylic acid groups (broad SMARTS) is 1. The summed E-state index contributed by atoms with van der Waals surface area (Å²) in [5.74, 6) is -3.28. The van der Waals surface area contributed by atoms with Crippen LogP contribution in [-0.2, 0) is 19.1 Å². The molecule has 0 heterocycles. The summed E-state index contributed by atoms with van der Waals surface area (Å²) in [6.07, 6.45) is 0. The Kier molecular flexibility index (Phi) is 5.36. The molecule has 0 aliphatic rings. The normalized spacial score (nSPS) is 12.0. The third-order valence-electron chi connectivity index (χ3n) is 1.58. The number of rotatable bonds is 5. The Bertz CT molecular complexity index is 261. The van der Waals surface area contributed by atoms with Gasteiger partial charge in [0.1, 0.15) is 0 Å². The van der Waals surface area contributed by atoms with Crippen LogP contribution in [0, 0.1) is 5.92 Å². The number of nitrogens with one attached hydrogen (secondary N) is 1. The Balaban J connectivity index is 4.48. The fraction of sp³-hybridized carbons (Fsp3) is 0.667. The van der Waals surface area contributed by atoms with Gasteiger partial charge in [0.2, 0.25) is 11.9 Å². The van der Waals surface area contributed by atoms with Crippen molar-refractivity contribution >= 4 is 17.8 Å². The lowest BCUT2D eigenvalue weighted by Gasteiger charge is -2.14. The van der Waals surface area contributed by atoms with Gasteiger partial charge in [-0.1, -0.05) is 13.8 Å². The number of esters is 1. The third-order valence-corrected chi connectivity index (χ3v) is 1.58. The molecular weight excluding hydrogens is 202 g/mol. The second-order valence-electron chi connectivity index (χ2n) is 3.19. The number of amides is 1. The maximum atomic E-state index is 11.2. The summed E-state index contributed by atoms with van der Waals surface area (Å²) >= 11 is 0.